The van der Waals surface area contributed by atoms with Crippen LogP contribution in [0.3, 0.4) is 0 Å². The molecule has 1 aromatic heterocycles. The van der Waals surface area contributed by atoms with E-state index < -0.39 is 0 Å². The molecule has 1 saturated heterocycles. The molecule has 30 heavy (non-hydrogen) atoms. The summed E-state index contributed by atoms with van der Waals surface area (Å²) in [5.74, 6) is 2.10. The van der Waals surface area contributed by atoms with Crippen LogP contribution in [-0.2, 0) is 24.3 Å². The van der Waals surface area contributed by atoms with Gasteiger partial charge in [-0.1, -0.05) is 36.4 Å². The Morgan fingerprint density at radius 1 is 1.07 bits per heavy atom. The van der Waals surface area contributed by atoms with Crippen LogP contribution in [0.15, 0.2) is 66.9 Å². The van der Waals surface area contributed by atoms with Crippen LogP contribution >= 0.6 is 0 Å². The summed E-state index contributed by atoms with van der Waals surface area (Å²) in [6, 6.07) is 12.5. The van der Waals surface area contributed by atoms with Gasteiger partial charge < -0.3 is 9.47 Å². The molecule has 0 bridgehead atoms. The van der Waals surface area contributed by atoms with E-state index in [0.29, 0.717) is 24.5 Å². The Hall–Kier alpha value is -2.43. The highest BCUT2D eigenvalue weighted by Crippen LogP contribution is 2.31. The number of fused-ring (bicyclic) bond motifs is 1. The number of hydrogen-bond acceptors (Lipinski definition) is 4. The highest BCUT2D eigenvalue weighted by Gasteiger charge is 2.28. The fraction of sp³-hybridized carbons (Fsp3) is 0.423. The summed E-state index contributed by atoms with van der Waals surface area (Å²) in [5, 5.41) is 0. The number of nitrogens with zero attached hydrogens (tertiary/aromatic N) is 2. The van der Waals surface area contributed by atoms with Crippen LogP contribution in [0.5, 0.6) is 5.75 Å². The van der Waals surface area contributed by atoms with Crippen LogP contribution < -0.4 is 4.74 Å². The zero-order valence-electron chi connectivity index (χ0n) is 17.5. The number of ether oxygens (including phenoxy) is 2. The molecule has 2 unspecified atom stereocenters. The van der Waals surface area contributed by atoms with E-state index in [9.17, 15) is 0 Å². The summed E-state index contributed by atoms with van der Waals surface area (Å²) < 4.78 is 11.7. The number of pyridine rings is 1. The molecular formula is C26H30N2O2. The van der Waals surface area contributed by atoms with Gasteiger partial charge in [-0.3, -0.25) is 9.88 Å². The summed E-state index contributed by atoms with van der Waals surface area (Å²) in [6.45, 7) is 4.68. The van der Waals surface area contributed by atoms with Gasteiger partial charge in [-0.05, 0) is 66.5 Å². The number of benzene rings is 1. The van der Waals surface area contributed by atoms with E-state index in [0.717, 1.165) is 50.5 Å². The van der Waals surface area contributed by atoms with E-state index in [-0.39, 0.29) is 0 Å². The molecule has 1 aromatic carbocycles. The maximum atomic E-state index is 6.01. The molecule has 3 atom stereocenters. The molecule has 3 aliphatic rings. The molecule has 5 rings (SSSR count). The first-order valence-electron chi connectivity index (χ1n) is 11.2. The van der Waals surface area contributed by atoms with E-state index in [1.165, 1.54) is 17.5 Å². The number of hydrogen-bond donors (Lipinski definition) is 0. The highest BCUT2D eigenvalue weighted by molar-refractivity contribution is 5.37. The van der Waals surface area contributed by atoms with Crippen LogP contribution in [0.1, 0.15) is 29.7 Å². The Morgan fingerprint density at radius 2 is 1.97 bits per heavy atom. The van der Waals surface area contributed by atoms with E-state index in [1.54, 1.807) is 0 Å². The fourth-order valence-electron chi connectivity index (χ4n) is 4.70. The lowest BCUT2D eigenvalue weighted by molar-refractivity contribution is -0.0628. The second-order valence-corrected chi connectivity index (χ2v) is 8.64. The van der Waals surface area contributed by atoms with Gasteiger partial charge in [0, 0.05) is 32.4 Å². The van der Waals surface area contributed by atoms with Gasteiger partial charge >= 0.3 is 0 Å². The Labute approximate surface area is 179 Å². The predicted molar refractivity (Wildman–Crippen MR) is 118 cm³/mol. The Bertz CT molecular complexity index is 905. The van der Waals surface area contributed by atoms with Crippen molar-refractivity contribution in [3.63, 3.8) is 0 Å². The van der Waals surface area contributed by atoms with Crippen LogP contribution in [0, 0.1) is 11.8 Å². The van der Waals surface area contributed by atoms with Crippen molar-refractivity contribution in [2.45, 2.75) is 38.5 Å². The van der Waals surface area contributed by atoms with Crippen molar-refractivity contribution in [3.8, 4) is 5.75 Å². The number of aromatic nitrogens is 1. The molecule has 4 nitrogen and oxygen atoms in total. The van der Waals surface area contributed by atoms with Crippen molar-refractivity contribution in [3.05, 3.63) is 83.7 Å². The summed E-state index contributed by atoms with van der Waals surface area (Å²) in [4.78, 5) is 6.95. The fourth-order valence-corrected chi connectivity index (χ4v) is 4.70. The lowest BCUT2D eigenvalue weighted by Crippen LogP contribution is -2.38. The van der Waals surface area contributed by atoms with E-state index in [4.69, 9.17) is 9.47 Å². The van der Waals surface area contributed by atoms with E-state index in [1.807, 2.05) is 24.4 Å². The zero-order chi connectivity index (χ0) is 20.2. The smallest absolute Gasteiger partial charge is 0.130 e. The molecular weight excluding hydrogens is 372 g/mol. The van der Waals surface area contributed by atoms with E-state index >= 15 is 0 Å². The molecule has 3 heterocycles. The van der Waals surface area contributed by atoms with Gasteiger partial charge in [0.15, 0.2) is 0 Å². The summed E-state index contributed by atoms with van der Waals surface area (Å²) in [7, 11) is 0. The molecule has 2 aromatic rings. The molecule has 1 fully saturated rings. The van der Waals surface area contributed by atoms with Crippen molar-refractivity contribution >= 4 is 0 Å². The van der Waals surface area contributed by atoms with Gasteiger partial charge in [-0.15, -0.1) is 0 Å². The van der Waals surface area contributed by atoms with Crippen LogP contribution in [0.25, 0.3) is 0 Å². The molecule has 4 heteroatoms. The molecule has 1 aliphatic carbocycles. The van der Waals surface area contributed by atoms with Crippen molar-refractivity contribution in [2.24, 2.45) is 11.8 Å². The Morgan fingerprint density at radius 3 is 2.77 bits per heavy atom. The molecule has 156 valence electrons. The first kappa shape index (κ1) is 19.5. The monoisotopic (exact) mass is 402 g/mol. The Balaban J connectivity index is 1.20. The standard InChI is InChI=1S/C26H30N2O2/c1-2-6-22(21(5-1)15-26-11-14-29-26)17-28-13-10-20-8-9-25(16-23(20)18-28)30-19-24-7-3-4-12-27-24/h1-9,12,16,21-22,26H,10-11,13-15,17-19H2/t21-,22?,26?/m1/s1. The number of rotatable bonds is 7. The van der Waals surface area contributed by atoms with Gasteiger partial charge in [0.2, 0.25) is 0 Å². The van der Waals surface area contributed by atoms with Crippen molar-refractivity contribution in [1.29, 1.82) is 0 Å². The maximum Gasteiger partial charge on any atom is 0.130 e. The topological polar surface area (TPSA) is 34.6 Å². The second kappa shape index (κ2) is 9.15. The van der Waals surface area contributed by atoms with Gasteiger partial charge in [0.05, 0.1) is 11.8 Å². The summed E-state index contributed by atoms with van der Waals surface area (Å²) in [6.07, 6.45) is 15.0. The third-order valence-electron chi connectivity index (χ3n) is 6.56. The quantitative estimate of drug-likeness (QED) is 0.680. The molecule has 0 saturated carbocycles. The third kappa shape index (κ3) is 4.66. The maximum absolute atomic E-state index is 6.01. The molecule has 0 N–H and O–H groups in total. The third-order valence-corrected chi connectivity index (χ3v) is 6.56. The second-order valence-electron chi connectivity index (χ2n) is 8.64. The molecule has 0 spiro atoms. The lowest BCUT2D eigenvalue weighted by Gasteiger charge is -2.36. The lowest BCUT2D eigenvalue weighted by atomic mass is 9.82. The summed E-state index contributed by atoms with van der Waals surface area (Å²) >= 11 is 0. The van der Waals surface area contributed by atoms with Crippen molar-refractivity contribution in [1.82, 2.24) is 9.88 Å². The number of allylic oxidation sites excluding steroid dienone is 3. The average Bonchev–Trinajstić information content (AvgIpc) is 2.76. The first-order chi connectivity index (χ1) is 14.8. The SMILES string of the molecule is C1=CC(CN2CCc3ccc(OCc4ccccn4)cc3C2)[C@@H](CC2CCO2)C=C1. The minimum absolute atomic E-state index is 0.467. The normalized spacial score (nSPS) is 25.5. The largest absolute Gasteiger partial charge is 0.487 e. The van der Waals surface area contributed by atoms with Crippen LogP contribution in [0.4, 0.5) is 0 Å². The Kier molecular flexibility index (Phi) is 5.96. The zero-order valence-corrected chi connectivity index (χ0v) is 17.5. The van der Waals surface area contributed by atoms with Gasteiger partial charge in [0.1, 0.15) is 12.4 Å². The van der Waals surface area contributed by atoms with Gasteiger partial charge in [-0.25, -0.2) is 0 Å². The molecule has 0 radical (unpaired) electrons. The summed E-state index contributed by atoms with van der Waals surface area (Å²) in [5.41, 5.74) is 3.80. The molecule has 0 amide bonds. The molecule has 2 aliphatic heterocycles. The van der Waals surface area contributed by atoms with Crippen molar-refractivity contribution < 1.29 is 9.47 Å². The van der Waals surface area contributed by atoms with Crippen LogP contribution in [0.2, 0.25) is 0 Å². The minimum Gasteiger partial charge on any atom is -0.487 e. The van der Waals surface area contributed by atoms with Gasteiger partial charge in [0.25, 0.3) is 0 Å². The van der Waals surface area contributed by atoms with Crippen molar-refractivity contribution in [2.75, 3.05) is 19.7 Å². The van der Waals surface area contributed by atoms with E-state index in [2.05, 4.69) is 52.4 Å². The van der Waals surface area contributed by atoms with Gasteiger partial charge in [-0.2, -0.15) is 0 Å². The minimum atomic E-state index is 0.467. The predicted octanol–water partition coefficient (Wildman–Crippen LogP) is 4.56. The first-order valence-corrected chi connectivity index (χ1v) is 11.2. The highest BCUT2D eigenvalue weighted by atomic mass is 16.5. The van der Waals surface area contributed by atoms with Crippen LogP contribution in [-0.4, -0.2) is 35.7 Å². The average molecular weight is 403 g/mol.